The van der Waals surface area contributed by atoms with Gasteiger partial charge in [-0.05, 0) is 43.5 Å². The summed E-state index contributed by atoms with van der Waals surface area (Å²) in [5, 5.41) is 25.6. The SMILES string of the molecule is CN(CCN1CCNc2nnc(-c3ccccc3O)cc21)C1CC2(CNC2)C1. The van der Waals surface area contributed by atoms with E-state index >= 15 is 0 Å². The maximum Gasteiger partial charge on any atom is 0.172 e. The molecular formula is C21H28N6O. The monoisotopic (exact) mass is 380 g/mol. The Kier molecular flexibility index (Phi) is 4.36. The van der Waals surface area contributed by atoms with Gasteiger partial charge in [0.2, 0.25) is 0 Å². The number of anilines is 2. The Hall–Kier alpha value is -2.38. The van der Waals surface area contributed by atoms with Gasteiger partial charge in [0, 0.05) is 50.9 Å². The molecule has 3 heterocycles. The molecule has 2 fully saturated rings. The molecule has 7 heteroatoms. The number of rotatable bonds is 5. The van der Waals surface area contributed by atoms with Gasteiger partial charge in [-0.2, -0.15) is 0 Å². The van der Waals surface area contributed by atoms with Crippen LogP contribution in [0.4, 0.5) is 11.5 Å². The zero-order valence-corrected chi connectivity index (χ0v) is 16.4. The van der Waals surface area contributed by atoms with Gasteiger partial charge in [0.25, 0.3) is 0 Å². The molecule has 1 aromatic heterocycles. The topological polar surface area (TPSA) is 76.5 Å². The van der Waals surface area contributed by atoms with Gasteiger partial charge < -0.3 is 25.5 Å². The Morgan fingerprint density at radius 3 is 2.82 bits per heavy atom. The molecule has 2 aliphatic heterocycles. The van der Waals surface area contributed by atoms with Gasteiger partial charge in [0.1, 0.15) is 5.75 Å². The first-order valence-electron chi connectivity index (χ1n) is 10.2. The number of hydrogen-bond acceptors (Lipinski definition) is 7. The Balaban J connectivity index is 1.28. The molecule has 0 atom stereocenters. The molecular weight excluding hydrogens is 352 g/mol. The first kappa shape index (κ1) is 17.7. The molecule has 7 nitrogen and oxygen atoms in total. The highest BCUT2D eigenvalue weighted by molar-refractivity contribution is 5.75. The number of phenolic OH excluding ortho intramolecular Hbond substituents is 1. The fourth-order valence-corrected chi connectivity index (χ4v) is 4.71. The second-order valence-electron chi connectivity index (χ2n) is 8.54. The van der Waals surface area contributed by atoms with Gasteiger partial charge in [-0.3, -0.25) is 0 Å². The summed E-state index contributed by atoms with van der Waals surface area (Å²) in [6.07, 6.45) is 2.66. The van der Waals surface area contributed by atoms with Gasteiger partial charge in [-0.15, -0.1) is 10.2 Å². The Morgan fingerprint density at radius 1 is 1.25 bits per heavy atom. The average Bonchev–Trinajstić information content (AvgIpc) is 2.64. The van der Waals surface area contributed by atoms with Gasteiger partial charge in [-0.25, -0.2) is 0 Å². The maximum absolute atomic E-state index is 10.2. The summed E-state index contributed by atoms with van der Waals surface area (Å²) in [4.78, 5) is 4.91. The molecule has 28 heavy (non-hydrogen) atoms. The Bertz CT molecular complexity index is 860. The van der Waals surface area contributed by atoms with E-state index in [9.17, 15) is 5.11 Å². The minimum atomic E-state index is 0.233. The summed E-state index contributed by atoms with van der Waals surface area (Å²) in [5.74, 6) is 1.06. The normalized spacial score (nSPS) is 20.4. The zero-order valence-electron chi connectivity index (χ0n) is 16.4. The molecule has 1 spiro atoms. The van der Waals surface area contributed by atoms with E-state index in [1.54, 1.807) is 6.07 Å². The number of fused-ring (bicyclic) bond motifs is 1. The number of phenols is 1. The van der Waals surface area contributed by atoms with Crippen LogP contribution in [0.2, 0.25) is 0 Å². The van der Waals surface area contributed by atoms with E-state index in [0.29, 0.717) is 16.7 Å². The molecule has 1 aliphatic carbocycles. The zero-order chi connectivity index (χ0) is 19.1. The highest BCUT2D eigenvalue weighted by atomic mass is 16.3. The van der Waals surface area contributed by atoms with Gasteiger partial charge in [0.05, 0.1) is 11.4 Å². The van der Waals surface area contributed by atoms with E-state index in [1.165, 1.54) is 25.9 Å². The van der Waals surface area contributed by atoms with Crippen LogP contribution in [-0.4, -0.2) is 72.6 Å². The lowest BCUT2D eigenvalue weighted by Gasteiger charge is -2.56. The van der Waals surface area contributed by atoms with E-state index in [1.807, 2.05) is 24.3 Å². The van der Waals surface area contributed by atoms with Crippen molar-refractivity contribution in [3.8, 4) is 17.0 Å². The third-order valence-electron chi connectivity index (χ3n) is 6.65. The molecule has 1 saturated heterocycles. The average molecular weight is 380 g/mol. The Morgan fingerprint density at radius 2 is 2.07 bits per heavy atom. The molecule has 1 saturated carbocycles. The van der Waals surface area contributed by atoms with Gasteiger partial charge in [-0.1, -0.05) is 12.1 Å². The number of likely N-dealkylation sites (N-methyl/N-ethyl adjacent to an activating group) is 1. The van der Waals surface area contributed by atoms with E-state index in [0.717, 1.165) is 43.7 Å². The van der Waals surface area contributed by atoms with Crippen molar-refractivity contribution in [2.24, 2.45) is 5.41 Å². The molecule has 0 unspecified atom stereocenters. The summed E-state index contributed by atoms with van der Waals surface area (Å²) in [6, 6.07) is 10.0. The second-order valence-corrected chi connectivity index (χ2v) is 8.54. The molecule has 148 valence electrons. The van der Waals surface area contributed by atoms with E-state index in [4.69, 9.17) is 0 Å². The summed E-state index contributed by atoms with van der Waals surface area (Å²) in [5.41, 5.74) is 3.11. The van der Waals surface area contributed by atoms with Crippen LogP contribution < -0.4 is 15.5 Å². The largest absolute Gasteiger partial charge is 0.507 e. The van der Waals surface area contributed by atoms with Crippen LogP contribution in [0.1, 0.15) is 12.8 Å². The molecule has 2 aromatic rings. The second kappa shape index (κ2) is 6.90. The third kappa shape index (κ3) is 3.08. The predicted octanol–water partition coefficient (Wildman–Crippen LogP) is 1.76. The third-order valence-corrected chi connectivity index (χ3v) is 6.65. The quantitative estimate of drug-likeness (QED) is 0.730. The van der Waals surface area contributed by atoms with Crippen LogP contribution in [0, 0.1) is 5.41 Å². The highest BCUT2D eigenvalue weighted by Gasteiger charge is 2.49. The number of aromatic hydroxyl groups is 1. The molecule has 1 aromatic carbocycles. The van der Waals surface area contributed by atoms with E-state index in [2.05, 4.69) is 37.7 Å². The van der Waals surface area contributed by atoms with Crippen LogP contribution >= 0.6 is 0 Å². The standard InChI is InChI=1S/C21H28N6O/c1-26(15-11-21(12-15)13-22-14-21)8-9-27-7-6-23-20-18(27)10-17(24-25-20)16-4-2-3-5-19(16)28/h2-5,10,15,22,28H,6-9,11-14H2,1H3,(H,23,25). The fourth-order valence-electron chi connectivity index (χ4n) is 4.71. The number of nitrogens with one attached hydrogen (secondary N) is 2. The van der Waals surface area contributed by atoms with Crippen molar-refractivity contribution in [1.29, 1.82) is 0 Å². The van der Waals surface area contributed by atoms with Crippen LogP contribution in [-0.2, 0) is 0 Å². The van der Waals surface area contributed by atoms with Crippen molar-refractivity contribution in [3.63, 3.8) is 0 Å². The minimum absolute atomic E-state index is 0.233. The summed E-state index contributed by atoms with van der Waals surface area (Å²) < 4.78 is 0. The van der Waals surface area contributed by atoms with Crippen LogP contribution in [0.25, 0.3) is 11.3 Å². The van der Waals surface area contributed by atoms with Crippen molar-refractivity contribution in [1.82, 2.24) is 20.4 Å². The number of aromatic nitrogens is 2. The van der Waals surface area contributed by atoms with Crippen molar-refractivity contribution in [2.45, 2.75) is 18.9 Å². The van der Waals surface area contributed by atoms with Crippen LogP contribution in [0.5, 0.6) is 5.75 Å². The van der Waals surface area contributed by atoms with Crippen molar-refractivity contribution >= 4 is 11.5 Å². The molecule has 3 N–H and O–H groups in total. The molecule has 0 amide bonds. The Labute approximate surface area is 165 Å². The van der Waals surface area contributed by atoms with Crippen molar-refractivity contribution in [3.05, 3.63) is 30.3 Å². The number of para-hydroxylation sites is 1. The molecule has 0 radical (unpaired) electrons. The lowest BCUT2D eigenvalue weighted by atomic mass is 9.61. The first-order chi connectivity index (χ1) is 13.6. The summed E-state index contributed by atoms with van der Waals surface area (Å²) in [6.45, 7) is 6.25. The van der Waals surface area contributed by atoms with E-state index in [-0.39, 0.29) is 5.75 Å². The fraction of sp³-hybridized carbons (Fsp3) is 0.524. The van der Waals surface area contributed by atoms with Crippen molar-refractivity contribution in [2.75, 3.05) is 56.5 Å². The van der Waals surface area contributed by atoms with E-state index < -0.39 is 0 Å². The molecule has 3 aliphatic rings. The van der Waals surface area contributed by atoms with Crippen LogP contribution in [0.3, 0.4) is 0 Å². The molecule has 5 rings (SSSR count). The number of benzene rings is 1. The summed E-state index contributed by atoms with van der Waals surface area (Å²) in [7, 11) is 2.25. The lowest BCUT2D eigenvalue weighted by molar-refractivity contribution is -0.0253. The lowest BCUT2D eigenvalue weighted by Crippen LogP contribution is -2.65. The predicted molar refractivity (Wildman–Crippen MR) is 111 cm³/mol. The summed E-state index contributed by atoms with van der Waals surface area (Å²) >= 11 is 0. The number of nitrogens with zero attached hydrogens (tertiary/aromatic N) is 4. The minimum Gasteiger partial charge on any atom is -0.507 e. The first-order valence-corrected chi connectivity index (χ1v) is 10.2. The van der Waals surface area contributed by atoms with Gasteiger partial charge in [0.15, 0.2) is 5.82 Å². The van der Waals surface area contributed by atoms with Crippen LogP contribution in [0.15, 0.2) is 30.3 Å². The van der Waals surface area contributed by atoms with Gasteiger partial charge >= 0.3 is 0 Å². The smallest absolute Gasteiger partial charge is 0.172 e. The number of hydrogen-bond donors (Lipinski definition) is 3. The molecule has 0 bridgehead atoms. The highest BCUT2D eigenvalue weighted by Crippen LogP contribution is 2.46. The van der Waals surface area contributed by atoms with Crippen molar-refractivity contribution < 1.29 is 5.11 Å². The maximum atomic E-state index is 10.2.